The molecule has 1 fully saturated rings. The predicted molar refractivity (Wildman–Crippen MR) is 137 cm³/mol. The number of pyridine rings is 1. The maximum absolute atomic E-state index is 13.5. The Morgan fingerprint density at radius 2 is 1.89 bits per heavy atom. The van der Waals surface area contributed by atoms with Crippen LogP contribution in [0.4, 0.5) is 18.9 Å². The lowest BCUT2D eigenvalue weighted by molar-refractivity contribution is -0.139. The van der Waals surface area contributed by atoms with Crippen LogP contribution in [-0.2, 0) is 16.2 Å². The number of likely N-dealkylation sites (tertiary alicyclic amines) is 1. The fourth-order valence-electron chi connectivity index (χ4n) is 3.58. The van der Waals surface area contributed by atoms with Gasteiger partial charge in [-0.15, -0.1) is 0 Å². The molecule has 1 atom stereocenters. The second kappa shape index (κ2) is 10.9. The summed E-state index contributed by atoms with van der Waals surface area (Å²) in [6, 6.07) is 8.65. The summed E-state index contributed by atoms with van der Waals surface area (Å²) >= 11 is 15.1. The zero-order chi connectivity index (χ0) is 27.0. The molecule has 0 aliphatic carbocycles. The first kappa shape index (κ1) is 27.8. The highest BCUT2D eigenvalue weighted by Gasteiger charge is 2.36. The van der Waals surface area contributed by atoms with E-state index in [2.05, 4.69) is 25.6 Å². The molecule has 1 saturated heterocycles. The lowest BCUT2D eigenvalue weighted by Gasteiger charge is -2.19. The minimum atomic E-state index is -4.67. The average Bonchev–Trinajstić information content (AvgIpc) is 3.21. The summed E-state index contributed by atoms with van der Waals surface area (Å²) in [5, 5.41) is 0.597. The van der Waals surface area contributed by atoms with Gasteiger partial charge in [0.05, 0.1) is 32.0 Å². The summed E-state index contributed by atoms with van der Waals surface area (Å²) in [6.45, 7) is 1.15. The summed E-state index contributed by atoms with van der Waals surface area (Å²) in [4.78, 5) is 5.72. The summed E-state index contributed by atoms with van der Waals surface area (Å²) in [6.07, 6.45) is -3.51. The van der Waals surface area contributed by atoms with Crippen LogP contribution in [0.5, 0.6) is 17.4 Å². The Morgan fingerprint density at radius 3 is 2.51 bits per heavy atom. The Balaban J connectivity index is 1.56. The Morgan fingerprint density at radius 1 is 1.14 bits per heavy atom. The summed E-state index contributed by atoms with van der Waals surface area (Å²) in [5.41, 5.74) is -1.08. The molecule has 0 amide bonds. The molecule has 1 N–H and O–H groups in total. The van der Waals surface area contributed by atoms with Gasteiger partial charge in [0.25, 0.3) is 10.0 Å². The molecule has 0 bridgehead atoms. The lowest BCUT2D eigenvalue weighted by atomic mass is 10.1. The van der Waals surface area contributed by atoms with E-state index in [9.17, 15) is 21.6 Å². The highest BCUT2D eigenvalue weighted by molar-refractivity contribution is 9.10. The molecule has 0 saturated carbocycles. The topological polar surface area (TPSA) is 80.8 Å². The molecule has 1 aliphatic heterocycles. The molecule has 0 unspecified atom stereocenters. The van der Waals surface area contributed by atoms with Crippen LogP contribution < -0.4 is 14.2 Å². The molecule has 2 aromatic carbocycles. The summed E-state index contributed by atoms with van der Waals surface area (Å²) < 4.78 is 80.3. The fourth-order valence-corrected chi connectivity index (χ4v) is 5.47. The number of alkyl halides is 3. The number of nitrogens with zero attached hydrogens (tertiary/aromatic N) is 2. The number of hydrogen-bond donors (Lipinski definition) is 1. The smallest absolute Gasteiger partial charge is 0.419 e. The highest BCUT2D eigenvalue weighted by atomic mass is 79.9. The maximum Gasteiger partial charge on any atom is 0.419 e. The number of aromatic nitrogens is 1. The van der Waals surface area contributed by atoms with Crippen molar-refractivity contribution in [1.82, 2.24) is 9.88 Å². The third kappa shape index (κ3) is 6.80. The van der Waals surface area contributed by atoms with Crippen LogP contribution in [0.1, 0.15) is 12.0 Å². The first-order valence-electron chi connectivity index (χ1n) is 10.7. The van der Waals surface area contributed by atoms with Gasteiger partial charge in [-0.1, -0.05) is 23.2 Å². The summed E-state index contributed by atoms with van der Waals surface area (Å²) in [5.74, 6) is -0.0659. The molecule has 4 rings (SSSR count). The molecule has 3 aromatic rings. The zero-order valence-corrected chi connectivity index (χ0v) is 22.9. The first-order valence-corrected chi connectivity index (χ1v) is 13.7. The van der Waals surface area contributed by atoms with Crippen LogP contribution in [0.15, 0.2) is 58.0 Å². The van der Waals surface area contributed by atoms with Crippen LogP contribution in [-0.4, -0.2) is 44.5 Å². The van der Waals surface area contributed by atoms with E-state index >= 15 is 0 Å². The van der Waals surface area contributed by atoms with Gasteiger partial charge in [0.1, 0.15) is 22.5 Å². The molecule has 0 radical (unpaired) electrons. The van der Waals surface area contributed by atoms with E-state index in [1.165, 1.54) is 18.2 Å². The number of rotatable bonds is 7. The van der Waals surface area contributed by atoms with Crippen molar-refractivity contribution in [3.63, 3.8) is 0 Å². The molecular weight excluding hydrogens is 622 g/mol. The molecule has 14 heteroatoms. The Bertz CT molecular complexity index is 1430. The van der Waals surface area contributed by atoms with E-state index in [1.54, 1.807) is 6.07 Å². The van der Waals surface area contributed by atoms with Gasteiger partial charge in [0, 0.05) is 25.2 Å². The standard InChI is InChI=1S/C23H19BrCl2F3N3O4S/c1-32-7-6-15(12-32)35-21-8-13(2-4-17(21)23(27,28)29)31-37(33,34)16-10-18(24)22(30-11-16)36-14-3-5-19(25)20(26)9-14/h2-5,8-11,15,31H,6-7,12H2,1H3/t15-/m1/s1. The van der Waals surface area contributed by atoms with E-state index in [4.69, 9.17) is 32.7 Å². The van der Waals surface area contributed by atoms with Gasteiger partial charge in [-0.3, -0.25) is 4.72 Å². The van der Waals surface area contributed by atoms with E-state index < -0.39 is 33.6 Å². The molecule has 2 heterocycles. The number of likely N-dealkylation sites (N-methyl/N-ethyl adjacent to an activating group) is 1. The van der Waals surface area contributed by atoms with Gasteiger partial charge in [-0.2, -0.15) is 13.2 Å². The van der Waals surface area contributed by atoms with E-state index in [-0.39, 0.29) is 26.0 Å². The fraction of sp³-hybridized carbons (Fsp3) is 0.261. The van der Waals surface area contributed by atoms with Crippen LogP contribution in [0, 0.1) is 0 Å². The molecule has 1 aliphatic rings. The Kier molecular flexibility index (Phi) is 8.15. The van der Waals surface area contributed by atoms with Crippen molar-refractivity contribution in [2.45, 2.75) is 23.6 Å². The normalized spacial score (nSPS) is 16.6. The minimum Gasteiger partial charge on any atom is -0.488 e. The average molecular weight is 641 g/mol. The van der Waals surface area contributed by atoms with Gasteiger partial charge in [-0.25, -0.2) is 13.4 Å². The molecule has 198 valence electrons. The van der Waals surface area contributed by atoms with Gasteiger partial charge in [0.15, 0.2) is 0 Å². The van der Waals surface area contributed by atoms with Crippen molar-refractivity contribution in [3.8, 4) is 17.4 Å². The predicted octanol–water partition coefficient (Wildman–Crippen LogP) is 6.85. The van der Waals surface area contributed by atoms with E-state index in [0.29, 0.717) is 30.3 Å². The molecule has 0 spiro atoms. The van der Waals surface area contributed by atoms with Crippen LogP contribution in [0.25, 0.3) is 0 Å². The van der Waals surface area contributed by atoms with E-state index in [1.807, 2.05) is 11.9 Å². The molecular formula is C23H19BrCl2F3N3O4S. The molecule has 1 aromatic heterocycles. The third-order valence-electron chi connectivity index (χ3n) is 5.38. The minimum absolute atomic E-state index is 0.0593. The van der Waals surface area contributed by atoms with Crippen LogP contribution >= 0.6 is 39.1 Å². The van der Waals surface area contributed by atoms with Gasteiger partial charge in [-0.05, 0) is 59.7 Å². The first-order chi connectivity index (χ1) is 17.3. The maximum atomic E-state index is 13.5. The Labute approximate surface area is 229 Å². The zero-order valence-electron chi connectivity index (χ0n) is 19.0. The summed E-state index contributed by atoms with van der Waals surface area (Å²) in [7, 11) is -2.38. The van der Waals surface area contributed by atoms with Crippen molar-refractivity contribution in [1.29, 1.82) is 0 Å². The van der Waals surface area contributed by atoms with Crippen LogP contribution in [0.2, 0.25) is 10.0 Å². The second-order valence-electron chi connectivity index (χ2n) is 8.24. The molecule has 37 heavy (non-hydrogen) atoms. The number of anilines is 1. The number of ether oxygens (including phenoxy) is 2. The number of benzene rings is 2. The highest BCUT2D eigenvalue weighted by Crippen LogP contribution is 2.39. The van der Waals surface area contributed by atoms with E-state index in [0.717, 1.165) is 24.4 Å². The van der Waals surface area contributed by atoms with Crippen LogP contribution in [0.3, 0.4) is 0 Å². The number of halogens is 6. The van der Waals surface area contributed by atoms with Crippen molar-refractivity contribution in [2.24, 2.45) is 0 Å². The Hall–Kier alpha value is -2.25. The SMILES string of the molecule is CN1CC[C@@H](Oc2cc(NS(=O)(=O)c3cnc(Oc4ccc(Cl)c(Cl)c4)c(Br)c3)ccc2C(F)(F)F)C1. The third-order valence-corrected chi connectivity index (χ3v) is 8.03. The lowest BCUT2D eigenvalue weighted by Crippen LogP contribution is -2.23. The number of nitrogens with one attached hydrogen (secondary N) is 1. The van der Waals surface area contributed by atoms with Gasteiger partial charge >= 0.3 is 6.18 Å². The van der Waals surface area contributed by atoms with Crippen molar-refractivity contribution in [3.05, 3.63) is 68.7 Å². The quantitative estimate of drug-likeness (QED) is 0.304. The van der Waals surface area contributed by atoms with Gasteiger partial charge < -0.3 is 14.4 Å². The van der Waals surface area contributed by atoms with Crippen molar-refractivity contribution < 1.29 is 31.1 Å². The number of hydrogen-bond acceptors (Lipinski definition) is 6. The second-order valence-corrected chi connectivity index (χ2v) is 11.6. The van der Waals surface area contributed by atoms with Gasteiger partial charge in [0.2, 0.25) is 5.88 Å². The largest absolute Gasteiger partial charge is 0.488 e. The molecule has 7 nitrogen and oxygen atoms in total. The number of sulfonamides is 1. The van der Waals surface area contributed by atoms with Crippen molar-refractivity contribution >= 4 is 54.8 Å². The van der Waals surface area contributed by atoms with Crippen molar-refractivity contribution in [2.75, 3.05) is 24.9 Å². The monoisotopic (exact) mass is 639 g/mol.